The first kappa shape index (κ1) is 21.8. The third kappa shape index (κ3) is 5.17. The summed E-state index contributed by atoms with van der Waals surface area (Å²) in [4.78, 5) is 11.9. The Hall–Kier alpha value is -3.93. The third-order valence-corrected chi connectivity index (χ3v) is 4.66. The van der Waals surface area contributed by atoms with Gasteiger partial charge in [0.2, 0.25) is 5.75 Å². The number of benzene rings is 3. The van der Waals surface area contributed by atoms with Gasteiger partial charge in [0, 0.05) is 11.6 Å². The minimum Gasteiger partial charge on any atom is -0.507 e. The molecule has 31 heavy (non-hydrogen) atoms. The molecule has 0 atom stereocenters. The van der Waals surface area contributed by atoms with E-state index in [4.69, 9.17) is 18.9 Å². The summed E-state index contributed by atoms with van der Waals surface area (Å²) >= 11 is 0. The summed E-state index contributed by atoms with van der Waals surface area (Å²) in [5, 5.41) is 9.47. The van der Waals surface area contributed by atoms with Crippen LogP contribution in [0.2, 0.25) is 0 Å². The first-order valence-corrected chi connectivity index (χ1v) is 9.58. The topological polar surface area (TPSA) is 74.2 Å². The van der Waals surface area contributed by atoms with E-state index in [1.165, 1.54) is 20.3 Å². The highest BCUT2D eigenvalue weighted by Crippen LogP contribution is 2.48. The SMILES string of the molecule is COc1c2cc(O)c(c1OC)CO2.COc1ccc(C(=O)C=Cc2ccccc2)cc1. The van der Waals surface area contributed by atoms with Gasteiger partial charge in [-0.1, -0.05) is 36.4 Å². The summed E-state index contributed by atoms with van der Waals surface area (Å²) in [6.45, 7) is 0.341. The van der Waals surface area contributed by atoms with Gasteiger partial charge in [-0.05, 0) is 35.9 Å². The van der Waals surface area contributed by atoms with Gasteiger partial charge in [0.1, 0.15) is 18.1 Å². The smallest absolute Gasteiger partial charge is 0.204 e. The molecule has 160 valence electrons. The van der Waals surface area contributed by atoms with E-state index in [-0.39, 0.29) is 11.5 Å². The molecule has 2 bridgehead atoms. The van der Waals surface area contributed by atoms with Gasteiger partial charge >= 0.3 is 0 Å². The molecular weight excluding hydrogens is 396 g/mol. The van der Waals surface area contributed by atoms with Crippen LogP contribution < -0.4 is 18.9 Å². The van der Waals surface area contributed by atoms with Gasteiger partial charge in [-0.25, -0.2) is 0 Å². The maximum Gasteiger partial charge on any atom is 0.204 e. The molecule has 0 aliphatic carbocycles. The van der Waals surface area contributed by atoms with E-state index in [0.29, 0.717) is 35.0 Å². The van der Waals surface area contributed by atoms with Crippen molar-refractivity contribution in [3.63, 3.8) is 0 Å². The van der Waals surface area contributed by atoms with E-state index in [0.717, 1.165) is 11.3 Å². The Morgan fingerprint density at radius 2 is 1.61 bits per heavy atom. The van der Waals surface area contributed by atoms with E-state index in [1.807, 2.05) is 36.4 Å². The number of ether oxygens (including phenoxy) is 4. The van der Waals surface area contributed by atoms with Crippen molar-refractivity contribution >= 4 is 11.9 Å². The highest BCUT2D eigenvalue weighted by molar-refractivity contribution is 6.06. The quantitative estimate of drug-likeness (QED) is 0.452. The molecule has 0 saturated carbocycles. The highest BCUT2D eigenvalue weighted by Gasteiger charge is 2.26. The highest BCUT2D eigenvalue weighted by atomic mass is 16.5. The number of phenols is 1. The molecule has 3 aromatic rings. The number of ketones is 1. The Bertz CT molecular complexity index is 1060. The molecule has 2 aliphatic rings. The van der Waals surface area contributed by atoms with Crippen LogP contribution in [-0.2, 0) is 6.61 Å². The van der Waals surface area contributed by atoms with Crippen LogP contribution in [0.15, 0.2) is 66.7 Å². The summed E-state index contributed by atoms with van der Waals surface area (Å²) in [5.74, 6) is 2.55. The van der Waals surface area contributed by atoms with E-state index in [9.17, 15) is 9.90 Å². The van der Waals surface area contributed by atoms with Crippen molar-refractivity contribution < 1.29 is 28.8 Å². The normalized spacial score (nSPS) is 11.3. The number of hydrogen-bond acceptors (Lipinski definition) is 6. The first-order valence-electron chi connectivity index (χ1n) is 9.58. The minimum absolute atomic E-state index is 0.0125. The molecule has 6 heteroatoms. The van der Waals surface area contributed by atoms with Crippen LogP contribution in [0.3, 0.4) is 0 Å². The monoisotopic (exact) mass is 420 g/mol. The number of carbonyl (C=O) groups excluding carboxylic acids is 1. The second-order valence-corrected chi connectivity index (χ2v) is 6.56. The van der Waals surface area contributed by atoms with Gasteiger partial charge in [-0.2, -0.15) is 0 Å². The number of fused-ring (bicyclic) bond motifs is 3. The second kappa shape index (κ2) is 10.2. The van der Waals surface area contributed by atoms with E-state index >= 15 is 0 Å². The molecule has 0 radical (unpaired) electrons. The van der Waals surface area contributed by atoms with Crippen LogP contribution >= 0.6 is 0 Å². The molecule has 0 spiro atoms. The van der Waals surface area contributed by atoms with Crippen LogP contribution in [0, 0.1) is 0 Å². The standard InChI is InChI=1S/C16H14O2.C9H10O4/c1-18-15-10-8-14(9-11-15)16(17)12-7-13-5-3-2-4-6-13;1-11-8-5-4-13-7(3-6(5)10)9(8)12-2/h2-12H,1H3;3,10H,4H2,1-2H3. The Labute approximate surface area is 181 Å². The van der Waals surface area contributed by atoms with Gasteiger partial charge in [-0.15, -0.1) is 0 Å². The zero-order valence-corrected chi connectivity index (χ0v) is 17.6. The van der Waals surface area contributed by atoms with Crippen molar-refractivity contribution in [1.29, 1.82) is 0 Å². The first-order chi connectivity index (χ1) is 15.1. The lowest BCUT2D eigenvalue weighted by Crippen LogP contribution is -2.08. The molecule has 2 heterocycles. The lowest BCUT2D eigenvalue weighted by Gasteiger charge is -2.23. The number of allylic oxidation sites excluding steroid dienone is 1. The molecule has 0 unspecified atom stereocenters. The van der Waals surface area contributed by atoms with Gasteiger partial charge in [0.15, 0.2) is 17.3 Å². The second-order valence-electron chi connectivity index (χ2n) is 6.56. The van der Waals surface area contributed by atoms with Crippen LogP contribution in [0.5, 0.6) is 28.7 Å². The Morgan fingerprint density at radius 3 is 2.19 bits per heavy atom. The van der Waals surface area contributed by atoms with Crippen LogP contribution in [-0.4, -0.2) is 32.2 Å². The zero-order chi connectivity index (χ0) is 22.2. The molecule has 6 nitrogen and oxygen atoms in total. The number of aromatic hydroxyl groups is 1. The predicted molar refractivity (Wildman–Crippen MR) is 118 cm³/mol. The largest absolute Gasteiger partial charge is 0.507 e. The van der Waals surface area contributed by atoms with Crippen LogP contribution in [0.25, 0.3) is 6.08 Å². The van der Waals surface area contributed by atoms with E-state index in [1.54, 1.807) is 37.5 Å². The Balaban J connectivity index is 0.000000185. The summed E-state index contributed by atoms with van der Waals surface area (Å²) in [7, 11) is 4.68. The molecule has 3 aromatic carbocycles. The van der Waals surface area contributed by atoms with E-state index < -0.39 is 0 Å². The minimum atomic E-state index is -0.0125. The van der Waals surface area contributed by atoms with Crippen LogP contribution in [0.1, 0.15) is 21.5 Å². The van der Waals surface area contributed by atoms with Crippen LogP contribution in [0.4, 0.5) is 0 Å². The van der Waals surface area contributed by atoms with Crippen molar-refractivity contribution in [2.24, 2.45) is 0 Å². The Kier molecular flexibility index (Phi) is 7.17. The van der Waals surface area contributed by atoms with Crippen molar-refractivity contribution in [1.82, 2.24) is 0 Å². The summed E-state index contributed by atoms with van der Waals surface area (Å²) in [6.07, 6.45) is 3.39. The molecule has 0 aromatic heterocycles. The molecule has 5 rings (SSSR count). The van der Waals surface area contributed by atoms with Gasteiger partial charge in [-0.3, -0.25) is 4.79 Å². The van der Waals surface area contributed by atoms with Crippen molar-refractivity contribution in [2.45, 2.75) is 6.61 Å². The number of carbonyl (C=O) groups is 1. The lowest BCUT2D eigenvalue weighted by atomic mass is 10.1. The van der Waals surface area contributed by atoms with Crippen molar-refractivity contribution in [3.05, 3.63) is 83.4 Å². The van der Waals surface area contributed by atoms with Gasteiger partial charge in [0.05, 0.1) is 26.9 Å². The lowest BCUT2D eigenvalue weighted by molar-refractivity contribution is 0.104. The molecule has 1 N–H and O–H groups in total. The molecule has 0 saturated heterocycles. The molecule has 0 amide bonds. The maximum absolute atomic E-state index is 11.9. The predicted octanol–water partition coefficient (Wildman–Crippen LogP) is 4.89. The summed E-state index contributed by atoms with van der Waals surface area (Å²) in [5.41, 5.74) is 2.30. The van der Waals surface area contributed by atoms with Gasteiger partial charge < -0.3 is 24.1 Å². The Morgan fingerprint density at radius 1 is 0.935 bits per heavy atom. The fraction of sp³-hybridized carbons (Fsp3) is 0.160. The van der Waals surface area contributed by atoms with Gasteiger partial charge in [0.25, 0.3) is 0 Å². The van der Waals surface area contributed by atoms with Crippen molar-refractivity contribution in [3.8, 4) is 28.7 Å². The number of phenolic OH excluding ortho intramolecular Hbond substituents is 1. The van der Waals surface area contributed by atoms with E-state index in [2.05, 4.69) is 0 Å². The average Bonchev–Trinajstić information content (AvgIpc) is 2.83. The molecular formula is C25H24O6. The number of methoxy groups -OCH3 is 3. The fourth-order valence-corrected chi connectivity index (χ4v) is 3.04. The maximum atomic E-state index is 11.9. The third-order valence-electron chi connectivity index (χ3n) is 4.66. The van der Waals surface area contributed by atoms with Crippen molar-refractivity contribution in [2.75, 3.05) is 21.3 Å². The zero-order valence-electron chi connectivity index (χ0n) is 17.6. The molecule has 2 aliphatic heterocycles. The number of hydrogen-bond donors (Lipinski definition) is 1. The molecule has 0 fully saturated rings. The summed E-state index contributed by atoms with van der Waals surface area (Å²) < 4.78 is 20.5. The fourth-order valence-electron chi connectivity index (χ4n) is 3.04. The number of rotatable bonds is 6. The summed E-state index contributed by atoms with van der Waals surface area (Å²) in [6, 6.07) is 18.4. The average molecular weight is 420 g/mol.